The van der Waals surface area contributed by atoms with Crippen molar-refractivity contribution in [3.63, 3.8) is 0 Å². The van der Waals surface area contributed by atoms with Gasteiger partial charge >= 0.3 is 0 Å². The predicted octanol–water partition coefficient (Wildman–Crippen LogP) is 4.33. The highest BCUT2D eigenvalue weighted by Gasteiger charge is 2.20. The van der Waals surface area contributed by atoms with E-state index >= 15 is 0 Å². The van der Waals surface area contributed by atoms with E-state index in [1.165, 1.54) is 23.1 Å². The second-order valence-electron chi connectivity index (χ2n) is 5.71. The van der Waals surface area contributed by atoms with Crippen LogP contribution in [0.2, 0.25) is 0 Å². The van der Waals surface area contributed by atoms with Gasteiger partial charge in [0.1, 0.15) is 16.8 Å². The molecule has 3 rings (SSSR count). The molecule has 24 heavy (non-hydrogen) atoms. The van der Waals surface area contributed by atoms with Crippen molar-refractivity contribution in [1.29, 1.82) is 5.26 Å². The summed E-state index contributed by atoms with van der Waals surface area (Å²) in [6.45, 7) is 0. The van der Waals surface area contributed by atoms with Crippen molar-refractivity contribution in [2.45, 2.75) is 37.0 Å². The first-order chi connectivity index (χ1) is 11.7. The first-order valence-corrected chi connectivity index (χ1v) is 9.74. The molecule has 0 unspecified atom stereocenters. The van der Waals surface area contributed by atoms with Gasteiger partial charge in [-0.25, -0.2) is 0 Å². The van der Waals surface area contributed by atoms with E-state index in [0.29, 0.717) is 10.6 Å². The molecule has 1 aliphatic rings. The van der Waals surface area contributed by atoms with Crippen LogP contribution in [0.25, 0.3) is 0 Å². The van der Waals surface area contributed by atoms with Crippen LogP contribution in [-0.4, -0.2) is 16.8 Å². The zero-order valence-corrected chi connectivity index (χ0v) is 14.8. The Labute approximate surface area is 149 Å². The number of benzene rings is 1. The lowest BCUT2D eigenvalue weighted by molar-refractivity contribution is -0.113. The van der Waals surface area contributed by atoms with Gasteiger partial charge in [0.25, 0.3) is 0 Å². The van der Waals surface area contributed by atoms with Gasteiger partial charge < -0.3 is 10.4 Å². The van der Waals surface area contributed by atoms with Gasteiger partial charge in [-0.3, -0.25) is 4.79 Å². The molecule has 0 radical (unpaired) electrons. The summed E-state index contributed by atoms with van der Waals surface area (Å²) in [5, 5.41) is 22.4. The number of amides is 1. The van der Waals surface area contributed by atoms with Crippen LogP contribution < -0.4 is 5.32 Å². The average Bonchev–Trinajstić information content (AvgIpc) is 2.74. The van der Waals surface area contributed by atoms with Crippen LogP contribution in [0.15, 0.2) is 29.2 Å². The summed E-state index contributed by atoms with van der Waals surface area (Å²) >= 11 is 2.96. The first-order valence-electron chi connectivity index (χ1n) is 7.93. The number of rotatable bonds is 4. The van der Waals surface area contributed by atoms with E-state index in [4.69, 9.17) is 0 Å². The van der Waals surface area contributed by atoms with Crippen LogP contribution in [0, 0.1) is 11.3 Å². The number of thioether (sulfide) groups is 1. The number of aryl methyl sites for hydroxylation is 1. The molecule has 1 heterocycles. The van der Waals surface area contributed by atoms with Crippen LogP contribution >= 0.6 is 23.1 Å². The second-order valence-corrected chi connectivity index (χ2v) is 7.87. The Bertz CT molecular complexity index is 776. The number of phenolic OH excluding ortho intramolecular Hbond substituents is 1. The number of thiophene rings is 1. The molecule has 1 aliphatic carbocycles. The maximum Gasteiger partial charge on any atom is 0.235 e. The summed E-state index contributed by atoms with van der Waals surface area (Å²) in [5.41, 5.74) is 1.79. The van der Waals surface area contributed by atoms with Gasteiger partial charge in [0.05, 0.1) is 11.3 Å². The Kier molecular flexibility index (Phi) is 5.44. The topological polar surface area (TPSA) is 73.1 Å². The van der Waals surface area contributed by atoms with E-state index in [2.05, 4.69) is 11.4 Å². The number of nitrogens with zero attached hydrogens (tertiary/aromatic N) is 1. The number of carbonyl (C=O) groups excluding carboxylic acids is 1. The van der Waals surface area contributed by atoms with E-state index in [-0.39, 0.29) is 17.4 Å². The fourth-order valence-corrected chi connectivity index (χ4v) is 4.76. The van der Waals surface area contributed by atoms with E-state index in [1.54, 1.807) is 35.6 Å². The molecule has 1 aromatic carbocycles. The molecule has 6 heteroatoms. The molecule has 4 nitrogen and oxygen atoms in total. The molecule has 0 aliphatic heterocycles. The number of nitriles is 1. The number of phenols is 1. The van der Waals surface area contributed by atoms with Crippen LogP contribution in [0.1, 0.15) is 35.3 Å². The first kappa shape index (κ1) is 16.9. The van der Waals surface area contributed by atoms with Crippen molar-refractivity contribution in [3.8, 4) is 11.8 Å². The Morgan fingerprint density at radius 3 is 2.75 bits per heavy atom. The summed E-state index contributed by atoms with van der Waals surface area (Å²) in [4.78, 5) is 14.4. The zero-order valence-electron chi connectivity index (χ0n) is 13.2. The number of carbonyl (C=O) groups is 1. The molecule has 2 aromatic rings. The molecule has 0 saturated carbocycles. The molecule has 0 atom stereocenters. The van der Waals surface area contributed by atoms with Gasteiger partial charge in [0, 0.05) is 9.77 Å². The lowest BCUT2D eigenvalue weighted by Crippen LogP contribution is -2.13. The Morgan fingerprint density at radius 2 is 2.00 bits per heavy atom. The molecule has 0 spiro atoms. The van der Waals surface area contributed by atoms with Crippen molar-refractivity contribution in [2.24, 2.45) is 0 Å². The smallest absolute Gasteiger partial charge is 0.235 e. The third kappa shape index (κ3) is 3.92. The van der Waals surface area contributed by atoms with Gasteiger partial charge in [0.2, 0.25) is 5.91 Å². The number of anilines is 1. The maximum absolute atomic E-state index is 12.2. The number of fused-ring (bicyclic) bond motifs is 1. The quantitative estimate of drug-likeness (QED) is 0.630. The van der Waals surface area contributed by atoms with E-state index in [1.807, 2.05) is 0 Å². The fourth-order valence-electron chi connectivity index (χ4n) is 2.80. The van der Waals surface area contributed by atoms with Crippen molar-refractivity contribution in [3.05, 3.63) is 40.3 Å². The minimum absolute atomic E-state index is 0.110. The summed E-state index contributed by atoms with van der Waals surface area (Å²) in [5.74, 6) is 0.376. The lowest BCUT2D eigenvalue weighted by atomic mass is 10.1. The second kappa shape index (κ2) is 7.73. The minimum Gasteiger partial charge on any atom is -0.508 e. The molecule has 1 amide bonds. The van der Waals surface area contributed by atoms with Crippen LogP contribution in [-0.2, 0) is 17.6 Å². The van der Waals surface area contributed by atoms with E-state index in [0.717, 1.165) is 36.1 Å². The van der Waals surface area contributed by atoms with Crippen molar-refractivity contribution >= 4 is 34.0 Å². The highest BCUT2D eigenvalue weighted by molar-refractivity contribution is 8.00. The number of aromatic hydroxyl groups is 1. The highest BCUT2D eigenvalue weighted by atomic mass is 32.2. The SMILES string of the molecule is N#Cc1c(NC(=O)CSc2ccc(O)cc2)sc2c1CCCCC2. The number of hydrogen-bond acceptors (Lipinski definition) is 5. The molecule has 0 fully saturated rings. The standard InChI is InChI=1S/C18H18N2O2S2/c19-10-15-14-4-2-1-3-5-16(14)24-18(15)20-17(22)11-23-13-8-6-12(21)7-9-13/h6-9,21H,1-5,11H2,(H,20,22). The van der Waals surface area contributed by atoms with Crippen molar-refractivity contribution < 1.29 is 9.90 Å². The van der Waals surface area contributed by atoms with Crippen LogP contribution in [0.4, 0.5) is 5.00 Å². The zero-order chi connectivity index (χ0) is 16.9. The average molecular weight is 358 g/mol. The Morgan fingerprint density at radius 1 is 1.25 bits per heavy atom. The summed E-state index contributed by atoms with van der Waals surface area (Å²) in [6.07, 6.45) is 5.42. The largest absolute Gasteiger partial charge is 0.508 e. The van der Waals surface area contributed by atoms with Gasteiger partial charge in [-0.2, -0.15) is 5.26 Å². The van der Waals surface area contributed by atoms with Crippen LogP contribution in [0.5, 0.6) is 5.75 Å². The monoisotopic (exact) mass is 358 g/mol. The molecular weight excluding hydrogens is 340 g/mol. The van der Waals surface area contributed by atoms with Crippen molar-refractivity contribution in [1.82, 2.24) is 0 Å². The highest BCUT2D eigenvalue weighted by Crippen LogP contribution is 2.37. The third-order valence-electron chi connectivity index (χ3n) is 3.99. The molecule has 1 aromatic heterocycles. The molecule has 124 valence electrons. The van der Waals surface area contributed by atoms with Crippen LogP contribution in [0.3, 0.4) is 0 Å². The van der Waals surface area contributed by atoms with Gasteiger partial charge in [-0.15, -0.1) is 23.1 Å². The molecule has 0 saturated heterocycles. The lowest BCUT2D eigenvalue weighted by Gasteiger charge is -2.04. The normalized spacial score (nSPS) is 13.6. The van der Waals surface area contributed by atoms with Gasteiger partial charge in [-0.1, -0.05) is 6.42 Å². The minimum atomic E-state index is -0.110. The summed E-state index contributed by atoms with van der Waals surface area (Å²) < 4.78 is 0. The van der Waals surface area contributed by atoms with Crippen molar-refractivity contribution in [2.75, 3.05) is 11.1 Å². The van der Waals surface area contributed by atoms with Gasteiger partial charge in [0.15, 0.2) is 0 Å². The number of hydrogen-bond donors (Lipinski definition) is 2. The molecular formula is C18H18N2O2S2. The summed E-state index contributed by atoms with van der Waals surface area (Å²) in [6, 6.07) is 9.04. The summed E-state index contributed by atoms with van der Waals surface area (Å²) in [7, 11) is 0. The van der Waals surface area contributed by atoms with Gasteiger partial charge in [-0.05, 0) is 55.5 Å². The maximum atomic E-state index is 12.2. The Hall–Kier alpha value is -1.97. The number of nitrogens with one attached hydrogen (secondary N) is 1. The third-order valence-corrected chi connectivity index (χ3v) is 6.21. The predicted molar refractivity (Wildman–Crippen MR) is 97.8 cm³/mol. The molecule has 2 N–H and O–H groups in total. The molecule has 0 bridgehead atoms. The van der Waals surface area contributed by atoms with E-state index in [9.17, 15) is 15.2 Å². The Balaban J connectivity index is 1.66. The fraction of sp³-hybridized carbons (Fsp3) is 0.333. The van der Waals surface area contributed by atoms with E-state index < -0.39 is 0 Å².